The van der Waals surface area contributed by atoms with Gasteiger partial charge in [-0.15, -0.1) is 0 Å². The minimum Gasteiger partial charge on any atom is -0.441 e. The van der Waals surface area contributed by atoms with Gasteiger partial charge in [-0.3, -0.25) is 15.0 Å². The van der Waals surface area contributed by atoms with Gasteiger partial charge < -0.3 is 9.47 Å². The predicted octanol–water partition coefficient (Wildman–Crippen LogP) is 1.08. The Labute approximate surface area is 138 Å². The van der Waals surface area contributed by atoms with Crippen LogP contribution in [0.1, 0.15) is 5.56 Å². The minimum atomic E-state index is -0.539. The van der Waals surface area contributed by atoms with Crippen LogP contribution in [0.3, 0.4) is 0 Å². The fourth-order valence-electron chi connectivity index (χ4n) is 2.66. The average Bonchev–Trinajstić information content (AvgIpc) is 2.93. The smallest absolute Gasteiger partial charge is 0.430 e. The standard InChI is InChI=1S/C15H18N4O5/c20-15-18(11-13(24-15)10-17-5-7-23-8-6-17)16-9-12-3-1-2-4-14(12)19(21)22/h1-4,9,13H,5-8,10-11H2/b16-9+/t13-/m0/s1. The van der Waals surface area contributed by atoms with Gasteiger partial charge in [0, 0.05) is 25.7 Å². The average molecular weight is 334 g/mol. The van der Waals surface area contributed by atoms with Crippen LogP contribution in [0.25, 0.3) is 0 Å². The number of cyclic esters (lactones) is 1. The summed E-state index contributed by atoms with van der Waals surface area (Å²) in [5, 5.41) is 16.2. The predicted molar refractivity (Wildman–Crippen MR) is 84.9 cm³/mol. The number of hydrazone groups is 1. The second-order valence-corrected chi connectivity index (χ2v) is 5.56. The summed E-state index contributed by atoms with van der Waals surface area (Å²) in [5.74, 6) is 0. The van der Waals surface area contributed by atoms with Gasteiger partial charge >= 0.3 is 6.09 Å². The quantitative estimate of drug-likeness (QED) is 0.454. The molecule has 0 spiro atoms. The number of para-hydroxylation sites is 1. The molecule has 2 saturated heterocycles. The number of rotatable bonds is 5. The molecule has 3 rings (SSSR count). The summed E-state index contributed by atoms with van der Waals surface area (Å²) < 4.78 is 10.6. The molecule has 128 valence electrons. The Bertz CT molecular complexity index is 645. The number of benzene rings is 1. The van der Waals surface area contributed by atoms with Crippen molar-refractivity contribution in [3.63, 3.8) is 0 Å². The zero-order chi connectivity index (χ0) is 16.9. The lowest BCUT2D eigenvalue weighted by Crippen LogP contribution is -2.41. The van der Waals surface area contributed by atoms with Gasteiger partial charge in [0.2, 0.25) is 0 Å². The number of amides is 1. The Morgan fingerprint density at radius 1 is 1.33 bits per heavy atom. The first-order valence-corrected chi connectivity index (χ1v) is 7.69. The van der Waals surface area contributed by atoms with Gasteiger partial charge in [-0.05, 0) is 6.07 Å². The zero-order valence-corrected chi connectivity index (χ0v) is 13.0. The summed E-state index contributed by atoms with van der Waals surface area (Å²) in [6.07, 6.45) is 0.512. The van der Waals surface area contributed by atoms with Crippen LogP contribution in [0.15, 0.2) is 29.4 Å². The monoisotopic (exact) mass is 334 g/mol. The van der Waals surface area contributed by atoms with Crippen LogP contribution >= 0.6 is 0 Å². The van der Waals surface area contributed by atoms with Crippen molar-refractivity contribution in [3.8, 4) is 0 Å². The van der Waals surface area contributed by atoms with Crippen LogP contribution in [0, 0.1) is 10.1 Å². The molecule has 2 fully saturated rings. The van der Waals surface area contributed by atoms with E-state index in [4.69, 9.17) is 9.47 Å². The molecule has 24 heavy (non-hydrogen) atoms. The Balaban J connectivity index is 1.61. The number of carbonyl (C=O) groups is 1. The largest absolute Gasteiger partial charge is 0.441 e. The Morgan fingerprint density at radius 2 is 2.08 bits per heavy atom. The summed E-state index contributed by atoms with van der Waals surface area (Å²) in [4.78, 5) is 24.6. The van der Waals surface area contributed by atoms with Crippen molar-refractivity contribution >= 4 is 18.0 Å². The van der Waals surface area contributed by atoms with Crippen LogP contribution in [0.2, 0.25) is 0 Å². The molecule has 1 amide bonds. The van der Waals surface area contributed by atoms with E-state index in [1.165, 1.54) is 17.3 Å². The summed E-state index contributed by atoms with van der Waals surface area (Å²) in [6, 6.07) is 6.23. The number of ether oxygens (including phenoxy) is 2. The lowest BCUT2D eigenvalue weighted by atomic mass is 10.2. The van der Waals surface area contributed by atoms with E-state index in [2.05, 4.69) is 10.0 Å². The third kappa shape index (κ3) is 3.87. The van der Waals surface area contributed by atoms with Gasteiger partial charge in [0.25, 0.3) is 5.69 Å². The Hall–Kier alpha value is -2.52. The summed E-state index contributed by atoms with van der Waals surface area (Å²) in [5.41, 5.74) is 0.283. The molecule has 0 bridgehead atoms. The summed E-state index contributed by atoms with van der Waals surface area (Å²) in [7, 11) is 0. The molecule has 1 aromatic carbocycles. The van der Waals surface area contributed by atoms with Gasteiger partial charge in [-0.1, -0.05) is 12.1 Å². The van der Waals surface area contributed by atoms with Crippen molar-refractivity contribution in [1.29, 1.82) is 0 Å². The highest BCUT2D eigenvalue weighted by atomic mass is 16.6. The van der Waals surface area contributed by atoms with E-state index in [1.807, 2.05) is 0 Å². The molecule has 0 N–H and O–H groups in total. The highest BCUT2D eigenvalue weighted by Gasteiger charge is 2.32. The maximum absolute atomic E-state index is 11.9. The normalized spacial score (nSPS) is 22.1. The van der Waals surface area contributed by atoms with E-state index in [0.29, 0.717) is 31.9 Å². The number of morpholine rings is 1. The molecule has 9 heteroatoms. The third-order valence-corrected chi connectivity index (χ3v) is 3.89. The molecule has 2 heterocycles. The number of nitrogens with zero attached hydrogens (tertiary/aromatic N) is 4. The molecule has 2 aliphatic rings. The van der Waals surface area contributed by atoms with Gasteiger partial charge in [0.1, 0.15) is 6.10 Å². The maximum Gasteiger partial charge on any atom is 0.430 e. The van der Waals surface area contributed by atoms with E-state index in [1.54, 1.807) is 18.2 Å². The molecule has 1 atom stereocenters. The lowest BCUT2D eigenvalue weighted by molar-refractivity contribution is -0.385. The fraction of sp³-hybridized carbons (Fsp3) is 0.467. The first-order chi connectivity index (χ1) is 11.6. The molecule has 0 saturated carbocycles. The van der Waals surface area contributed by atoms with Gasteiger partial charge in [-0.2, -0.15) is 10.1 Å². The van der Waals surface area contributed by atoms with Gasteiger partial charge in [0.05, 0.1) is 36.5 Å². The topological polar surface area (TPSA) is 97.5 Å². The second kappa shape index (κ2) is 7.37. The van der Waals surface area contributed by atoms with Crippen LogP contribution in [0.5, 0.6) is 0 Å². The number of nitro benzene ring substituents is 1. The molecule has 1 aromatic rings. The van der Waals surface area contributed by atoms with Crippen molar-refractivity contribution in [3.05, 3.63) is 39.9 Å². The molecular weight excluding hydrogens is 316 g/mol. The van der Waals surface area contributed by atoms with Crippen molar-refractivity contribution in [2.75, 3.05) is 39.4 Å². The van der Waals surface area contributed by atoms with Crippen LogP contribution in [-0.2, 0) is 9.47 Å². The Kier molecular flexibility index (Phi) is 5.02. The molecule has 2 aliphatic heterocycles. The Morgan fingerprint density at radius 3 is 2.83 bits per heavy atom. The molecule has 0 aromatic heterocycles. The molecule has 0 unspecified atom stereocenters. The number of carbonyl (C=O) groups excluding carboxylic acids is 1. The van der Waals surface area contributed by atoms with Crippen molar-refractivity contribution < 1.29 is 19.2 Å². The first kappa shape index (κ1) is 16.3. The van der Waals surface area contributed by atoms with Crippen molar-refractivity contribution in [1.82, 2.24) is 9.91 Å². The first-order valence-electron chi connectivity index (χ1n) is 7.69. The van der Waals surface area contributed by atoms with Gasteiger partial charge in [0.15, 0.2) is 0 Å². The van der Waals surface area contributed by atoms with E-state index in [0.717, 1.165) is 13.1 Å². The SMILES string of the molecule is O=C1O[C@@H](CN2CCOCC2)CN1/N=C/c1ccccc1[N+](=O)[O-]. The van der Waals surface area contributed by atoms with E-state index < -0.39 is 11.0 Å². The van der Waals surface area contributed by atoms with E-state index in [9.17, 15) is 14.9 Å². The summed E-state index contributed by atoms with van der Waals surface area (Å²) in [6.45, 7) is 3.95. The van der Waals surface area contributed by atoms with Crippen LogP contribution in [-0.4, -0.2) is 72.6 Å². The lowest BCUT2D eigenvalue weighted by Gasteiger charge is -2.27. The maximum atomic E-state index is 11.9. The van der Waals surface area contributed by atoms with Crippen molar-refractivity contribution in [2.24, 2.45) is 5.10 Å². The summed E-state index contributed by atoms with van der Waals surface area (Å²) >= 11 is 0. The fourth-order valence-corrected chi connectivity index (χ4v) is 2.66. The minimum absolute atomic E-state index is 0.0568. The second-order valence-electron chi connectivity index (χ2n) is 5.56. The van der Waals surface area contributed by atoms with Crippen LogP contribution in [0.4, 0.5) is 10.5 Å². The van der Waals surface area contributed by atoms with Gasteiger partial charge in [-0.25, -0.2) is 4.79 Å². The van der Waals surface area contributed by atoms with E-state index >= 15 is 0 Å². The zero-order valence-electron chi connectivity index (χ0n) is 13.0. The third-order valence-electron chi connectivity index (χ3n) is 3.89. The highest BCUT2D eigenvalue weighted by molar-refractivity contribution is 5.86. The highest BCUT2D eigenvalue weighted by Crippen LogP contribution is 2.17. The molecule has 0 aliphatic carbocycles. The van der Waals surface area contributed by atoms with E-state index in [-0.39, 0.29) is 11.8 Å². The molecule has 9 nitrogen and oxygen atoms in total. The number of nitro groups is 1. The van der Waals surface area contributed by atoms with Crippen LogP contribution < -0.4 is 0 Å². The number of hydrogen-bond acceptors (Lipinski definition) is 7. The molecular formula is C15H18N4O5. The molecule has 0 radical (unpaired) electrons. The van der Waals surface area contributed by atoms with Crippen molar-refractivity contribution in [2.45, 2.75) is 6.10 Å². The number of hydrogen-bond donors (Lipinski definition) is 0.